The number of aryl methyl sites for hydroxylation is 1. The molecule has 1 aliphatic rings. The zero-order valence-electron chi connectivity index (χ0n) is 15.9. The zero-order valence-corrected chi connectivity index (χ0v) is 16.7. The molecule has 146 valence electrons. The fourth-order valence-electron chi connectivity index (χ4n) is 3.50. The van der Waals surface area contributed by atoms with Gasteiger partial charge in [0, 0.05) is 11.7 Å². The van der Waals surface area contributed by atoms with Crippen molar-refractivity contribution in [3.05, 3.63) is 41.2 Å². The number of hydrogen-bond donors (Lipinski definition) is 1. The maximum atomic E-state index is 13.8. The van der Waals surface area contributed by atoms with Crippen molar-refractivity contribution in [3.8, 4) is 0 Å². The first kappa shape index (κ1) is 19.9. The SMILES string of the molecule is Cc1nc(SC(C)C(=O)Nc2c(F)cccc2F)n(C2CCCCC2)c1C. The molecule has 0 radical (unpaired) electrons. The zero-order chi connectivity index (χ0) is 19.6. The molecule has 1 aromatic carbocycles. The summed E-state index contributed by atoms with van der Waals surface area (Å²) in [5.41, 5.74) is 1.67. The van der Waals surface area contributed by atoms with Crippen molar-refractivity contribution in [2.24, 2.45) is 0 Å². The van der Waals surface area contributed by atoms with Crippen LogP contribution in [0.4, 0.5) is 14.5 Å². The Morgan fingerprint density at radius 1 is 1.22 bits per heavy atom. The maximum Gasteiger partial charge on any atom is 0.237 e. The summed E-state index contributed by atoms with van der Waals surface area (Å²) in [5, 5.41) is 2.64. The highest BCUT2D eigenvalue weighted by atomic mass is 32.2. The Kier molecular flexibility index (Phi) is 6.19. The Bertz CT molecular complexity index is 811. The fraction of sp³-hybridized carbons (Fsp3) is 0.500. The number of benzene rings is 1. The van der Waals surface area contributed by atoms with Crippen LogP contribution in [-0.2, 0) is 4.79 Å². The summed E-state index contributed by atoms with van der Waals surface area (Å²) in [6.45, 7) is 5.75. The van der Waals surface area contributed by atoms with Crippen LogP contribution in [0.5, 0.6) is 0 Å². The molecular formula is C20H25F2N3OS. The van der Waals surface area contributed by atoms with Crippen LogP contribution in [0.1, 0.15) is 56.5 Å². The monoisotopic (exact) mass is 393 g/mol. The second kappa shape index (κ2) is 8.42. The molecule has 1 saturated carbocycles. The second-order valence-electron chi connectivity index (χ2n) is 7.07. The molecule has 1 aliphatic carbocycles. The lowest BCUT2D eigenvalue weighted by atomic mass is 9.95. The molecule has 1 atom stereocenters. The summed E-state index contributed by atoms with van der Waals surface area (Å²) in [7, 11) is 0. The molecule has 0 saturated heterocycles. The van der Waals surface area contributed by atoms with Gasteiger partial charge in [-0.1, -0.05) is 37.1 Å². The van der Waals surface area contributed by atoms with Crippen LogP contribution >= 0.6 is 11.8 Å². The van der Waals surface area contributed by atoms with Crippen LogP contribution in [0.2, 0.25) is 0 Å². The summed E-state index contributed by atoms with van der Waals surface area (Å²) >= 11 is 1.33. The molecule has 1 unspecified atom stereocenters. The molecule has 1 fully saturated rings. The third-order valence-corrected chi connectivity index (χ3v) is 6.22. The van der Waals surface area contributed by atoms with Gasteiger partial charge in [0.05, 0.1) is 10.9 Å². The van der Waals surface area contributed by atoms with E-state index in [1.165, 1.54) is 37.1 Å². The summed E-state index contributed by atoms with van der Waals surface area (Å²) in [4.78, 5) is 17.1. The van der Waals surface area contributed by atoms with Gasteiger partial charge in [0.15, 0.2) is 5.16 Å². The first-order chi connectivity index (χ1) is 12.9. The molecule has 0 aliphatic heterocycles. The predicted molar refractivity (Wildman–Crippen MR) is 104 cm³/mol. The number of rotatable bonds is 5. The Labute approximate surface area is 162 Å². The smallest absolute Gasteiger partial charge is 0.237 e. The first-order valence-electron chi connectivity index (χ1n) is 9.35. The lowest BCUT2D eigenvalue weighted by Crippen LogP contribution is -2.24. The average molecular weight is 394 g/mol. The van der Waals surface area contributed by atoms with Gasteiger partial charge in [-0.15, -0.1) is 0 Å². The predicted octanol–water partition coefficient (Wildman–Crippen LogP) is 5.40. The molecule has 4 nitrogen and oxygen atoms in total. The highest BCUT2D eigenvalue weighted by molar-refractivity contribution is 8.00. The van der Waals surface area contributed by atoms with Gasteiger partial charge in [-0.3, -0.25) is 4.79 Å². The number of carbonyl (C=O) groups is 1. The van der Waals surface area contributed by atoms with E-state index in [4.69, 9.17) is 0 Å². The minimum absolute atomic E-state index is 0.404. The van der Waals surface area contributed by atoms with Crippen LogP contribution in [0, 0.1) is 25.5 Å². The molecule has 7 heteroatoms. The molecule has 27 heavy (non-hydrogen) atoms. The third-order valence-electron chi connectivity index (χ3n) is 5.16. The number of amides is 1. The number of nitrogens with zero attached hydrogens (tertiary/aromatic N) is 2. The quantitative estimate of drug-likeness (QED) is 0.692. The number of para-hydroxylation sites is 1. The minimum atomic E-state index is -0.782. The molecule has 1 heterocycles. The molecular weight excluding hydrogens is 368 g/mol. The van der Waals surface area contributed by atoms with Crippen molar-refractivity contribution in [3.63, 3.8) is 0 Å². The number of halogens is 2. The Morgan fingerprint density at radius 3 is 2.48 bits per heavy atom. The molecule has 3 rings (SSSR count). The first-order valence-corrected chi connectivity index (χ1v) is 10.2. The van der Waals surface area contributed by atoms with Gasteiger partial charge in [-0.2, -0.15) is 0 Å². The largest absolute Gasteiger partial charge is 0.320 e. The molecule has 2 aromatic rings. The van der Waals surface area contributed by atoms with E-state index in [-0.39, 0.29) is 0 Å². The van der Waals surface area contributed by atoms with E-state index in [0.29, 0.717) is 6.04 Å². The lowest BCUT2D eigenvalue weighted by Gasteiger charge is -2.26. The summed E-state index contributed by atoms with van der Waals surface area (Å²) in [6, 6.07) is 3.92. The summed E-state index contributed by atoms with van der Waals surface area (Å²) < 4.78 is 29.8. The standard InChI is InChI=1S/C20H25F2N3OS/c1-12-13(2)25(15-8-5-4-6-9-15)20(23-12)27-14(3)19(26)24-18-16(21)10-7-11-17(18)22/h7,10-11,14-15H,4-6,8-9H2,1-3H3,(H,24,26). The fourth-order valence-corrected chi connectivity index (χ4v) is 4.57. The number of imidazole rings is 1. The van der Waals surface area contributed by atoms with E-state index in [9.17, 15) is 13.6 Å². The van der Waals surface area contributed by atoms with E-state index in [2.05, 4.69) is 21.8 Å². The number of nitrogens with one attached hydrogen (secondary N) is 1. The van der Waals surface area contributed by atoms with Gasteiger partial charge >= 0.3 is 0 Å². The van der Waals surface area contributed by atoms with Crippen LogP contribution < -0.4 is 5.32 Å². The van der Waals surface area contributed by atoms with Crippen molar-refractivity contribution >= 4 is 23.4 Å². The maximum absolute atomic E-state index is 13.8. The van der Waals surface area contributed by atoms with E-state index in [1.54, 1.807) is 6.92 Å². The summed E-state index contributed by atoms with van der Waals surface area (Å²) in [5.74, 6) is -2.01. The van der Waals surface area contributed by atoms with Gasteiger partial charge in [-0.25, -0.2) is 13.8 Å². The molecule has 1 amide bonds. The highest BCUT2D eigenvalue weighted by Gasteiger charge is 2.25. The van der Waals surface area contributed by atoms with E-state index >= 15 is 0 Å². The van der Waals surface area contributed by atoms with E-state index in [0.717, 1.165) is 41.5 Å². The minimum Gasteiger partial charge on any atom is -0.320 e. The average Bonchev–Trinajstić information content (AvgIpc) is 2.92. The third kappa shape index (κ3) is 4.34. The van der Waals surface area contributed by atoms with Gasteiger partial charge < -0.3 is 9.88 Å². The van der Waals surface area contributed by atoms with Crippen molar-refractivity contribution in [2.75, 3.05) is 5.32 Å². The van der Waals surface area contributed by atoms with Crippen LogP contribution in [-0.4, -0.2) is 20.7 Å². The number of thioether (sulfide) groups is 1. The van der Waals surface area contributed by atoms with Crippen LogP contribution in [0.15, 0.2) is 23.4 Å². The van der Waals surface area contributed by atoms with Gasteiger partial charge in [0.1, 0.15) is 17.3 Å². The molecule has 1 aromatic heterocycles. The Morgan fingerprint density at radius 2 is 1.85 bits per heavy atom. The molecule has 0 spiro atoms. The van der Waals surface area contributed by atoms with E-state index < -0.39 is 28.5 Å². The normalized spacial score (nSPS) is 16.3. The number of carbonyl (C=O) groups excluding carboxylic acids is 1. The van der Waals surface area contributed by atoms with Crippen molar-refractivity contribution < 1.29 is 13.6 Å². The van der Waals surface area contributed by atoms with Crippen molar-refractivity contribution in [1.82, 2.24) is 9.55 Å². The number of anilines is 1. The summed E-state index contributed by atoms with van der Waals surface area (Å²) in [6.07, 6.45) is 5.90. The van der Waals surface area contributed by atoms with Crippen LogP contribution in [0.3, 0.4) is 0 Å². The van der Waals surface area contributed by atoms with Gasteiger partial charge in [-0.05, 0) is 45.7 Å². The lowest BCUT2D eigenvalue weighted by molar-refractivity contribution is -0.115. The van der Waals surface area contributed by atoms with Gasteiger partial charge in [0.2, 0.25) is 5.91 Å². The van der Waals surface area contributed by atoms with Crippen LogP contribution in [0.25, 0.3) is 0 Å². The van der Waals surface area contributed by atoms with Gasteiger partial charge in [0.25, 0.3) is 0 Å². The topological polar surface area (TPSA) is 46.9 Å². The molecule has 1 N–H and O–H groups in total. The highest BCUT2D eigenvalue weighted by Crippen LogP contribution is 2.35. The Balaban J connectivity index is 1.76. The van der Waals surface area contributed by atoms with Crippen molar-refractivity contribution in [1.29, 1.82) is 0 Å². The molecule has 0 bridgehead atoms. The number of hydrogen-bond acceptors (Lipinski definition) is 3. The van der Waals surface area contributed by atoms with E-state index in [1.807, 2.05) is 6.92 Å². The number of aromatic nitrogens is 2. The Hall–Kier alpha value is -1.89. The van der Waals surface area contributed by atoms with Crippen molar-refractivity contribution in [2.45, 2.75) is 69.3 Å². The second-order valence-corrected chi connectivity index (χ2v) is 8.38.